The van der Waals surface area contributed by atoms with E-state index in [0.717, 1.165) is 12.8 Å². The fraction of sp³-hybridized carbons (Fsp3) is 0.583. The summed E-state index contributed by atoms with van der Waals surface area (Å²) in [5.74, 6) is 0.315. The molecule has 0 saturated carbocycles. The summed E-state index contributed by atoms with van der Waals surface area (Å²) in [7, 11) is 1.61. The zero-order valence-electron chi connectivity index (χ0n) is 11.0. The van der Waals surface area contributed by atoms with E-state index in [4.69, 9.17) is 4.74 Å². The number of nitrogens with zero attached hydrogens (tertiary/aromatic N) is 2. The lowest BCUT2D eigenvalue weighted by molar-refractivity contribution is -0.384. The van der Waals surface area contributed by atoms with Crippen molar-refractivity contribution in [1.29, 1.82) is 0 Å². The molecule has 1 aromatic heterocycles. The van der Waals surface area contributed by atoms with Crippen molar-refractivity contribution in [2.75, 3.05) is 19.0 Å². The van der Waals surface area contributed by atoms with E-state index in [0.29, 0.717) is 18.0 Å². The first-order valence-corrected chi connectivity index (χ1v) is 5.95. The molecule has 0 aliphatic rings. The molecule has 18 heavy (non-hydrogen) atoms. The Hall–Kier alpha value is -1.69. The molecular formula is C12H19N3O3. The molecule has 1 atom stereocenters. The van der Waals surface area contributed by atoms with Crippen LogP contribution in [0.15, 0.2) is 12.3 Å². The van der Waals surface area contributed by atoms with E-state index in [1.807, 2.05) is 0 Å². The molecule has 0 amide bonds. The van der Waals surface area contributed by atoms with Gasteiger partial charge in [-0.15, -0.1) is 0 Å². The Kier molecular flexibility index (Phi) is 5.51. The highest BCUT2D eigenvalue weighted by Crippen LogP contribution is 2.26. The monoisotopic (exact) mass is 253 g/mol. The van der Waals surface area contributed by atoms with Gasteiger partial charge < -0.3 is 10.1 Å². The number of aryl methyl sites for hydroxylation is 1. The van der Waals surface area contributed by atoms with Crippen molar-refractivity contribution in [3.8, 4) is 0 Å². The smallest absolute Gasteiger partial charge is 0.314 e. The quantitative estimate of drug-likeness (QED) is 0.596. The van der Waals surface area contributed by atoms with Gasteiger partial charge in [0.2, 0.25) is 5.82 Å². The van der Waals surface area contributed by atoms with Crippen LogP contribution in [0.5, 0.6) is 0 Å². The fourth-order valence-electron chi connectivity index (χ4n) is 1.83. The van der Waals surface area contributed by atoms with Crippen molar-refractivity contribution in [2.45, 2.75) is 32.7 Å². The third-order valence-corrected chi connectivity index (χ3v) is 2.65. The number of pyridine rings is 1. The van der Waals surface area contributed by atoms with Crippen LogP contribution in [0.1, 0.15) is 25.3 Å². The Balaban J connectivity index is 2.94. The predicted molar refractivity (Wildman–Crippen MR) is 69.8 cm³/mol. The van der Waals surface area contributed by atoms with Gasteiger partial charge in [0.15, 0.2) is 0 Å². The maximum atomic E-state index is 11.0. The average molecular weight is 253 g/mol. The molecule has 1 aromatic rings. The lowest BCUT2D eigenvalue weighted by Gasteiger charge is -2.17. The summed E-state index contributed by atoms with van der Waals surface area (Å²) in [6, 6.07) is 1.67. The number of nitro groups is 1. The average Bonchev–Trinajstić information content (AvgIpc) is 2.29. The summed E-state index contributed by atoms with van der Waals surface area (Å²) < 4.78 is 5.10. The molecule has 1 heterocycles. The molecule has 0 bridgehead atoms. The molecule has 6 nitrogen and oxygen atoms in total. The van der Waals surface area contributed by atoms with Crippen molar-refractivity contribution in [3.05, 3.63) is 27.9 Å². The van der Waals surface area contributed by atoms with E-state index in [1.54, 1.807) is 26.3 Å². The van der Waals surface area contributed by atoms with E-state index in [2.05, 4.69) is 17.2 Å². The van der Waals surface area contributed by atoms with Gasteiger partial charge in [0, 0.05) is 18.9 Å². The van der Waals surface area contributed by atoms with Crippen LogP contribution in [0.4, 0.5) is 11.5 Å². The summed E-state index contributed by atoms with van der Waals surface area (Å²) in [5, 5.41) is 14.1. The Morgan fingerprint density at radius 2 is 2.33 bits per heavy atom. The molecule has 1 N–H and O–H groups in total. The molecule has 6 heteroatoms. The lowest BCUT2D eigenvalue weighted by Crippen LogP contribution is -2.25. The number of anilines is 1. The van der Waals surface area contributed by atoms with Gasteiger partial charge in [0.1, 0.15) is 0 Å². The van der Waals surface area contributed by atoms with Crippen molar-refractivity contribution < 1.29 is 9.66 Å². The number of methoxy groups -OCH3 is 1. The molecular weight excluding hydrogens is 234 g/mol. The zero-order valence-corrected chi connectivity index (χ0v) is 11.0. The van der Waals surface area contributed by atoms with Gasteiger partial charge >= 0.3 is 5.69 Å². The van der Waals surface area contributed by atoms with Crippen LogP contribution in [0, 0.1) is 17.0 Å². The molecule has 0 radical (unpaired) electrons. The van der Waals surface area contributed by atoms with E-state index in [9.17, 15) is 10.1 Å². The predicted octanol–water partition coefficient (Wildman–Crippen LogP) is 2.53. The summed E-state index contributed by atoms with van der Waals surface area (Å²) in [6.07, 6.45) is 3.42. The van der Waals surface area contributed by atoms with Crippen LogP contribution in [-0.4, -0.2) is 29.7 Å². The lowest BCUT2D eigenvalue weighted by atomic mass is 10.1. The largest absolute Gasteiger partial charge is 0.383 e. The minimum Gasteiger partial charge on any atom is -0.383 e. The van der Waals surface area contributed by atoms with Crippen molar-refractivity contribution in [2.24, 2.45) is 0 Å². The number of hydrogen-bond acceptors (Lipinski definition) is 5. The Morgan fingerprint density at radius 3 is 2.89 bits per heavy atom. The van der Waals surface area contributed by atoms with Crippen LogP contribution in [-0.2, 0) is 4.74 Å². The highest BCUT2D eigenvalue weighted by atomic mass is 16.6. The second-order valence-electron chi connectivity index (χ2n) is 4.17. The van der Waals surface area contributed by atoms with E-state index in [-0.39, 0.29) is 11.7 Å². The molecule has 0 aliphatic carbocycles. The summed E-state index contributed by atoms with van der Waals surface area (Å²) in [4.78, 5) is 14.7. The second-order valence-corrected chi connectivity index (χ2v) is 4.17. The van der Waals surface area contributed by atoms with Gasteiger partial charge in [0.05, 0.1) is 17.6 Å². The molecule has 0 aromatic carbocycles. The number of rotatable bonds is 7. The minimum absolute atomic E-state index is 0.0352. The number of aromatic nitrogens is 1. The first kappa shape index (κ1) is 14.4. The number of hydrogen-bond donors (Lipinski definition) is 1. The van der Waals surface area contributed by atoms with Gasteiger partial charge in [-0.05, 0) is 19.4 Å². The fourth-order valence-corrected chi connectivity index (χ4v) is 1.83. The third kappa shape index (κ3) is 3.66. The van der Waals surface area contributed by atoms with E-state index in [1.165, 1.54) is 0 Å². The SMILES string of the molecule is CCCC(COC)Nc1nccc(C)c1[N+](=O)[O-]. The van der Waals surface area contributed by atoms with Gasteiger partial charge in [-0.1, -0.05) is 13.3 Å². The van der Waals surface area contributed by atoms with Crippen LogP contribution in [0.3, 0.4) is 0 Å². The summed E-state index contributed by atoms with van der Waals surface area (Å²) in [5.41, 5.74) is 0.639. The van der Waals surface area contributed by atoms with E-state index < -0.39 is 4.92 Å². The zero-order chi connectivity index (χ0) is 13.5. The summed E-state index contributed by atoms with van der Waals surface area (Å²) in [6.45, 7) is 4.26. The Bertz CT molecular complexity index is 404. The van der Waals surface area contributed by atoms with Gasteiger partial charge in [-0.2, -0.15) is 0 Å². The summed E-state index contributed by atoms with van der Waals surface area (Å²) >= 11 is 0. The first-order valence-electron chi connectivity index (χ1n) is 5.95. The normalized spacial score (nSPS) is 12.2. The Morgan fingerprint density at radius 1 is 1.61 bits per heavy atom. The molecule has 1 unspecified atom stereocenters. The van der Waals surface area contributed by atoms with Crippen LogP contribution >= 0.6 is 0 Å². The second kappa shape index (κ2) is 6.90. The van der Waals surface area contributed by atoms with Gasteiger partial charge in [0.25, 0.3) is 0 Å². The molecule has 0 fully saturated rings. The molecule has 100 valence electrons. The standard InChI is InChI=1S/C12H19N3O3/c1-4-5-10(8-18-3)14-12-11(15(16)17)9(2)6-7-13-12/h6-7,10H,4-5,8H2,1-3H3,(H,13,14). The molecule has 0 saturated heterocycles. The molecule has 0 spiro atoms. The highest BCUT2D eigenvalue weighted by molar-refractivity contribution is 5.60. The third-order valence-electron chi connectivity index (χ3n) is 2.65. The van der Waals surface area contributed by atoms with Crippen molar-refractivity contribution >= 4 is 11.5 Å². The highest BCUT2D eigenvalue weighted by Gasteiger charge is 2.20. The number of nitrogens with one attached hydrogen (secondary N) is 1. The van der Waals surface area contributed by atoms with Crippen LogP contribution < -0.4 is 5.32 Å². The minimum atomic E-state index is -0.402. The van der Waals surface area contributed by atoms with Crippen LogP contribution in [0.25, 0.3) is 0 Å². The maximum absolute atomic E-state index is 11.0. The van der Waals surface area contributed by atoms with Crippen molar-refractivity contribution in [3.63, 3.8) is 0 Å². The molecule has 1 rings (SSSR count). The topological polar surface area (TPSA) is 77.3 Å². The van der Waals surface area contributed by atoms with Gasteiger partial charge in [-0.3, -0.25) is 10.1 Å². The maximum Gasteiger partial charge on any atom is 0.314 e. The molecule has 0 aliphatic heterocycles. The Labute approximate surface area is 107 Å². The van der Waals surface area contributed by atoms with Gasteiger partial charge in [-0.25, -0.2) is 4.98 Å². The van der Waals surface area contributed by atoms with E-state index >= 15 is 0 Å². The first-order chi connectivity index (χ1) is 8.60. The van der Waals surface area contributed by atoms with Crippen molar-refractivity contribution in [1.82, 2.24) is 4.98 Å². The van der Waals surface area contributed by atoms with Crippen LogP contribution in [0.2, 0.25) is 0 Å². The number of ether oxygens (including phenoxy) is 1.